The fourth-order valence-corrected chi connectivity index (χ4v) is 3.64. The van der Waals surface area contributed by atoms with Crippen molar-refractivity contribution < 1.29 is 14.3 Å². The molecule has 0 bridgehead atoms. The Labute approximate surface area is 178 Å². The Morgan fingerprint density at radius 3 is 2.61 bits per heavy atom. The van der Waals surface area contributed by atoms with E-state index in [-0.39, 0.29) is 11.9 Å². The number of rotatable bonds is 3. The molecule has 0 aliphatic carbocycles. The van der Waals surface area contributed by atoms with Crippen LogP contribution in [0.5, 0.6) is 11.5 Å². The maximum Gasteiger partial charge on any atom is 0.319 e. The first-order valence-electron chi connectivity index (χ1n) is 9.91. The Morgan fingerprint density at radius 1 is 0.871 bits per heavy atom. The summed E-state index contributed by atoms with van der Waals surface area (Å²) in [5, 5.41) is 10.7. The van der Waals surface area contributed by atoms with Crippen LogP contribution in [-0.2, 0) is 6.54 Å². The first kappa shape index (κ1) is 18.7. The first-order valence-corrected chi connectivity index (χ1v) is 9.91. The molecule has 6 heteroatoms. The van der Waals surface area contributed by atoms with E-state index in [0.717, 1.165) is 16.3 Å². The van der Waals surface area contributed by atoms with Gasteiger partial charge in [0.1, 0.15) is 5.75 Å². The summed E-state index contributed by atoms with van der Waals surface area (Å²) in [5.74, 6) is 0.715. The SMILES string of the molecule is O=C(NCc1cccc2ccccc12)Nc1ccc2c(c1)C(=O)Nc1ccccc1O2. The van der Waals surface area contributed by atoms with Gasteiger partial charge in [0.05, 0.1) is 11.3 Å². The van der Waals surface area contributed by atoms with Crippen LogP contribution in [0.3, 0.4) is 0 Å². The van der Waals surface area contributed by atoms with Crippen molar-refractivity contribution in [3.8, 4) is 11.5 Å². The fraction of sp³-hybridized carbons (Fsp3) is 0.0400. The van der Waals surface area contributed by atoms with Gasteiger partial charge in [-0.2, -0.15) is 0 Å². The average molecular weight is 409 g/mol. The smallest absolute Gasteiger partial charge is 0.319 e. The van der Waals surface area contributed by atoms with Crippen LogP contribution in [0.15, 0.2) is 84.9 Å². The average Bonchev–Trinajstić information content (AvgIpc) is 2.93. The minimum Gasteiger partial charge on any atom is -0.454 e. The van der Waals surface area contributed by atoms with Gasteiger partial charge in [0.2, 0.25) is 0 Å². The molecule has 0 unspecified atom stereocenters. The molecule has 0 spiro atoms. The molecule has 4 aromatic rings. The Balaban J connectivity index is 1.30. The fourth-order valence-electron chi connectivity index (χ4n) is 3.64. The van der Waals surface area contributed by atoms with Crippen LogP contribution in [0, 0.1) is 0 Å². The molecular formula is C25H19N3O3. The molecule has 0 saturated heterocycles. The predicted molar refractivity (Wildman–Crippen MR) is 121 cm³/mol. The number of ether oxygens (including phenoxy) is 1. The number of urea groups is 1. The van der Waals surface area contributed by atoms with E-state index in [2.05, 4.69) is 16.0 Å². The lowest BCUT2D eigenvalue weighted by Gasteiger charge is -2.12. The lowest BCUT2D eigenvalue weighted by molar-refractivity contribution is 0.102. The molecule has 31 heavy (non-hydrogen) atoms. The Hall–Kier alpha value is -4.32. The number of amides is 3. The molecule has 5 rings (SSSR count). The highest BCUT2D eigenvalue weighted by Gasteiger charge is 2.21. The first-order chi connectivity index (χ1) is 15.2. The third-order valence-electron chi connectivity index (χ3n) is 5.16. The van der Waals surface area contributed by atoms with Crippen LogP contribution in [0.4, 0.5) is 16.2 Å². The Kier molecular flexibility index (Phi) is 4.72. The molecular weight excluding hydrogens is 390 g/mol. The minimum atomic E-state index is -0.355. The van der Waals surface area contributed by atoms with Gasteiger partial charge in [-0.05, 0) is 46.7 Å². The third kappa shape index (κ3) is 3.79. The lowest BCUT2D eigenvalue weighted by Crippen LogP contribution is -2.28. The highest BCUT2D eigenvalue weighted by Crippen LogP contribution is 2.36. The largest absolute Gasteiger partial charge is 0.454 e. The monoisotopic (exact) mass is 409 g/mol. The van der Waals surface area contributed by atoms with Crippen LogP contribution in [0.2, 0.25) is 0 Å². The van der Waals surface area contributed by atoms with Gasteiger partial charge < -0.3 is 20.7 Å². The van der Waals surface area contributed by atoms with Gasteiger partial charge in [0, 0.05) is 12.2 Å². The van der Waals surface area contributed by atoms with Crippen molar-refractivity contribution in [2.45, 2.75) is 6.54 Å². The molecule has 4 aromatic carbocycles. The summed E-state index contributed by atoms with van der Waals surface area (Å²) in [7, 11) is 0. The second-order valence-corrected chi connectivity index (χ2v) is 7.21. The van der Waals surface area contributed by atoms with Gasteiger partial charge >= 0.3 is 6.03 Å². The highest BCUT2D eigenvalue weighted by molar-refractivity contribution is 6.09. The van der Waals surface area contributed by atoms with Crippen LogP contribution >= 0.6 is 0 Å². The number of hydrogen-bond donors (Lipinski definition) is 3. The van der Waals surface area contributed by atoms with E-state index in [1.54, 1.807) is 30.3 Å². The number of carbonyl (C=O) groups is 2. The van der Waals surface area contributed by atoms with E-state index in [9.17, 15) is 9.59 Å². The van der Waals surface area contributed by atoms with Gasteiger partial charge in [-0.15, -0.1) is 0 Å². The van der Waals surface area contributed by atoms with Crippen LogP contribution in [0.25, 0.3) is 10.8 Å². The highest BCUT2D eigenvalue weighted by atomic mass is 16.5. The summed E-state index contributed by atoms with van der Waals surface area (Å²) in [5.41, 5.74) is 2.48. The Bertz CT molecular complexity index is 1310. The topological polar surface area (TPSA) is 79.5 Å². The van der Waals surface area contributed by atoms with Crippen LogP contribution in [-0.4, -0.2) is 11.9 Å². The van der Waals surface area contributed by atoms with E-state index >= 15 is 0 Å². The molecule has 0 atom stereocenters. The van der Waals surface area contributed by atoms with Gasteiger partial charge in [-0.3, -0.25) is 4.79 Å². The molecule has 1 aliphatic rings. The number of benzene rings is 4. The van der Waals surface area contributed by atoms with E-state index in [1.807, 2.05) is 54.6 Å². The molecule has 1 aliphatic heterocycles. The van der Waals surface area contributed by atoms with Crippen molar-refractivity contribution in [3.63, 3.8) is 0 Å². The zero-order valence-electron chi connectivity index (χ0n) is 16.5. The molecule has 0 fully saturated rings. The van der Waals surface area contributed by atoms with Gasteiger partial charge in [-0.1, -0.05) is 54.6 Å². The molecule has 0 saturated carbocycles. The number of anilines is 2. The van der Waals surface area contributed by atoms with Crippen LogP contribution in [0.1, 0.15) is 15.9 Å². The van der Waals surface area contributed by atoms with Crippen molar-refractivity contribution in [1.29, 1.82) is 0 Å². The third-order valence-corrected chi connectivity index (χ3v) is 5.16. The quantitative estimate of drug-likeness (QED) is 0.417. The second-order valence-electron chi connectivity index (χ2n) is 7.21. The number of nitrogens with one attached hydrogen (secondary N) is 3. The second kappa shape index (κ2) is 7.84. The standard InChI is InChI=1S/C25H19N3O3/c29-24-20-14-18(12-13-22(20)31-23-11-4-3-10-21(23)28-24)27-25(30)26-15-17-8-5-7-16-6-1-2-9-19(16)17/h1-14H,15H2,(H,28,29)(H2,26,27,30). The van der Waals surface area contributed by atoms with E-state index in [1.165, 1.54) is 0 Å². The normalized spacial score (nSPS) is 12.1. The molecule has 3 amide bonds. The lowest BCUT2D eigenvalue weighted by atomic mass is 10.0. The van der Waals surface area contributed by atoms with Crippen molar-refractivity contribution in [3.05, 3.63) is 96.1 Å². The Morgan fingerprint density at radius 2 is 1.68 bits per heavy atom. The van der Waals surface area contributed by atoms with Gasteiger partial charge in [0.15, 0.2) is 5.75 Å². The van der Waals surface area contributed by atoms with E-state index in [4.69, 9.17) is 4.74 Å². The molecule has 0 aromatic heterocycles. The summed E-state index contributed by atoms with van der Waals surface area (Å²) >= 11 is 0. The van der Waals surface area contributed by atoms with Gasteiger partial charge in [0.25, 0.3) is 5.91 Å². The predicted octanol–water partition coefficient (Wildman–Crippen LogP) is 5.52. The van der Waals surface area contributed by atoms with Gasteiger partial charge in [-0.25, -0.2) is 4.79 Å². The molecule has 6 nitrogen and oxygen atoms in total. The molecule has 152 valence electrons. The number of fused-ring (bicyclic) bond motifs is 3. The van der Waals surface area contributed by atoms with Crippen molar-refractivity contribution in [2.75, 3.05) is 10.6 Å². The summed E-state index contributed by atoms with van der Waals surface area (Å²) in [6.45, 7) is 0.386. The maximum absolute atomic E-state index is 12.6. The molecule has 1 heterocycles. The van der Waals surface area contributed by atoms with Crippen molar-refractivity contribution in [1.82, 2.24) is 5.32 Å². The van der Waals surface area contributed by atoms with E-state index in [0.29, 0.717) is 35.0 Å². The summed E-state index contributed by atoms with van der Waals surface area (Å²) in [4.78, 5) is 25.1. The van der Waals surface area contributed by atoms with E-state index < -0.39 is 0 Å². The molecule has 3 N–H and O–H groups in total. The summed E-state index contributed by atoms with van der Waals surface area (Å²) in [6.07, 6.45) is 0. The summed E-state index contributed by atoms with van der Waals surface area (Å²) < 4.78 is 5.87. The number of para-hydroxylation sites is 2. The van der Waals surface area contributed by atoms with Crippen molar-refractivity contribution >= 4 is 34.1 Å². The molecule has 0 radical (unpaired) electrons. The number of hydrogen-bond acceptors (Lipinski definition) is 3. The zero-order valence-corrected chi connectivity index (χ0v) is 16.5. The minimum absolute atomic E-state index is 0.292. The van der Waals surface area contributed by atoms with Crippen molar-refractivity contribution in [2.24, 2.45) is 0 Å². The summed E-state index contributed by atoms with van der Waals surface area (Å²) in [6, 6.07) is 25.9. The zero-order chi connectivity index (χ0) is 21.2. The maximum atomic E-state index is 12.6. The number of carbonyl (C=O) groups excluding carboxylic acids is 2. The van der Waals surface area contributed by atoms with Crippen LogP contribution < -0.4 is 20.7 Å².